The monoisotopic (exact) mass is 196 g/mol. The van der Waals surface area contributed by atoms with Crippen LogP contribution >= 0.6 is 0 Å². The first-order valence-corrected chi connectivity index (χ1v) is 5.79. The SMILES string of the molecule is CCC(CC)C(=O)NC1C2CNCC21. The van der Waals surface area contributed by atoms with Crippen molar-refractivity contribution in [1.29, 1.82) is 0 Å². The summed E-state index contributed by atoms with van der Waals surface area (Å²) in [5.74, 6) is 1.96. The van der Waals surface area contributed by atoms with Gasteiger partial charge in [0.1, 0.15) is 0 Å². The average Bonchev–Trinajstić information content (AvgIpc) is 2.65. The van der Waals surface area contributed by atoms with Crippen LogP contribution < -0.4 is 10.6 Å². The van der Waals surface area contributed by atoms with Gasteiger partial charge in [0.25, 0.3) is 0 Å². The first-order valence-electron chi connectivity index (χ1n) is 5.79. The highest BCUT2D eigenvalue weighted by Crippen LogP contribution is 2.41. The Bertz CT molecular complexity index is 215. The molecule has 0 bridgehead atoms. The number of nitrogens with one attached hydrogen (secondary N) is 2. The van der Waals surface area contributed by atoms with Crippen molar-refractivity contribution in [3.63, 3.8) is 0 Å². The molecule has 1 amide bonds. The Kier molecular flexibility index (Phi) is 2.77. The highest BCUT2D eigenvalue weighted by atomic mass is 16.2. The minimum absolute atomic E-state index is 0.226. The molecule has 0 aromatic heterocycles. The second-order valence-corrected chi connectivity index (χ2v) is 4.53. The van der Waals surface area contributed by atoms with Gasteiger partial charge >= 0.3 is 0 Å². The van der Waals surface area contributed by atoms with Gasteiger partial charge in [-0.3, -0.25) is 4.79 Å². The molecule has 2 rings (SSSR count). The maximum Gasteiger partial charge on any atom is 0.223 e. The number of piperidine rings is 1. The number of rotatable bonds is 4. The molecule has 0 aromatic rings. The van der Waals surface area contributed by atoms with Gasteiger partial charge in [0.15, 0.2) is 0 Å². The third-order valence-electron chi connectivity index (χ3n) is 3.76. The van der Waals surface area contributed by atoms with Gasteiger partial charge in [0.05, 0.1) is 0 Å². The maximum atomic E-state index is 11.8. The van der Waals surface area contributed by atoms with E-state index in [4.69, 9.17) is 0 Å². The zero-order chi connectivity index (χ0) is 10.1. The summed E-state index contributed by atoms with van der Waals surface area (Å²) in [6.07, 6.45) is 1.92. The van der Waals surface area contributed by atoms with Gasteiger partial charge in [0.2, 0.25) is 5.91 Å². The summed E-state index contributed by atoms with van der Waals surface area (Å²) < 4.78 is 0. The molecule has 0 radical (unpaired) electrons. The normalized spacial score (nSPS) is 34.4. The average molecular weight is 196 g/mol. The van der Waals surface area contributed by atoms with E-state index in [0.29, 0.717) is 6.04 Å². The molecule has 2 atom stereocenters. The Morgan fingerprint density at radius 3 is 2.43 bits per heavy atom. The summed E-state index contributed by atoms with van der Waals surface area (Å²) in [6.45, 7) is 6.36. The number of hydrogen-bond acceptors (Lipinski definition) is 2. The molecule has 2 unspecified atom stereocenters. The molecule has 1 heterocycles. The van der Waals surface area contributed by atoms with Crippen LogP contribution in [0.3, 0.4) is 0 Å². The van der Waals surface area contributed by atoms with Gasteiger partial charge in [-0.15, -0.1) is 0 Å². The van der Waals surface area contributed by atoms with Crippen molar-refractivity contribution in [2.24, 2.45) is 17.8 Å². The van der Waals surface area contributed by atoms with Crippen LogP contribution in [0.4, 0.5) is 0 Å². The van der Waals surface area contributed by atoms with Crippen LogP contribution in [-0.2, 0) is 4.79 Å². The number of carbonyl (C=O) groups excluding carboxylic acids is 1. The van der Waals surface area contributed by atoms with Crippen molar-refractivity contribution >= 4 is 5.91 Å². The molecule has 3 nitrogen and oxygen atoms in total. The fraction of sp³-hybridized carbons (Fsp3) is 0.909. The van der Waals surface area contributed by atoms with Crippen LogP contribution in [0.2, 0.25) is 0 Å². The quantitative estimate of drug-likeness (QED) is 0.697. The molecule has 1 saturated carbocycles. The smallest absolute Gasteiger partial charge is 0.223 e. The first-order chi connectivity index (χ1) is 6.77. The van der Waals surface area contributed by atoms with E-state index in [-0.39, 0.29) is 11.8 Å². The molecule has 80 valence electrons. The number of fused-ring (bicyclic) bond motifs is 1. The van der Waals surface area contributed by atoms with Crippen molar-refractivity contribution in [2.45, 2.75) is 32.7 Å². The zero-order valence-electron chi connectivity index (χ0n) is 9.05. The van der Waals surface area contributed by atoms with Crippen LogP contribution in [0.1, 0.15) is 26.7 Å². The molecule has 2 aliphatic rings. The van der Waals surface area contributed by atoms with Crippen LogP contribution in [0.5, 0.6) is 0 Å². The van der Waals surface area contributed by atoms with Gasteiger partial charge in [-0.25, -0.2) is 0 Å². The minimum Gasteiger partial charge on any atom is -0.352 e. The van der Waals surface area contributed by atoms with Gasteiger partial charge in [-0.2, -0.15) is 0 Å². The third kappa shape index (κ3) is 1.65. The van der Waals surface area contributed by atoms with Crippen LogP contribution in [0.25, 0.3) is 0 Å². The van der Waals surface area contributed by atoms with Crippen molar-refractivity contribution in [3.8, 4) is 0 Å². The van der Waals surface area contributed by atoms with Crippen molar-refractivity contribution in [3.05, 3.63) is 0 Å². The molecule has 2 N–H and O–H groups in total. The molecule has 2 fully saturated rings. The van der Waals surface area contributed by atoms with Crippen LogP contribution in [-0.4, -0.2) is 25.0 Å². The molecule has 14 heavy (non-hydrogen) atoms. The lowest BCUT2D eigenvalue weighted by atomic mass is 10.0. The van der Waals surface area contributed by atoms with E-state index in [1.54, 1.807) is 0 Å². The van der Waals surface area contributed by atoms with E-state index in [2.05, 4.69) is 24.5 Å². The molecule has 0 aromatic carbocycles. The largest absolute Gasteiger partial charge is 0.352 e. The second kappa shape index (κ2) is 3.89. The minimum atomic E-state index is 0.226. The highest BCUT2D eigenvalue weighted by Gasteiger charge is 2.53. The van der Waals surface area contributed by atoms with Crippen LogP contribution in [0, 0.1) is 17.8 Å². The lowest BCUT2D eigenvalue weighted by molar-refractivity contribution is -0.125. The second-order valence-electron chi connectivity index (χ2n) is 4.53. The molecule has 1 aliphatic carbocycles. The zero-order valence-corrected chi connectivity index (χ0v) is 9.05. The Morgan fingerprint density at radius 2 is 1.93 bits per heavy atom. The summed E-state index contributed by atoms with van der Waals surface area (Å²) >= 11 is 0. The standard InChI is InChI=1S/C11H20N2O/c1-3-7(4-2)11(14)13-10-8-5-12-6-9(8)10/h7-10,12H,3-6H2,1-2H3,(H,13,14). The molecular formula is C11H20N2O. The predicted octanol–water partition coefficient (Wildman–Crippen LogP) is 0.757. The van der Waals surface area contributed by atoms with Gasteiger partial charge in [-0.05, 0) is 24.7 Å². The van der Waals surface area contributed by atoms with E-state index in [9.17, 15) is 4.79 Å². The highest BCUT2D eigenvalue weighted by molar-refractivity contribution is 5.79. The van der Waals surface area contributed by atoms with E-state index >= 15 is 0 Å². The lowest BCUT2D eigenvalue weighted by Gasteiger charge is -2.13. The Morgan fingerprint density at radius 1 is 1.36 bits per heavy atom. The van der Waals surface area contributed by atoms with Crippen LogP contribution in [0.15, 0.2) is 0 Å². The molecule has 0 spiro atoms. The molecule has 1 aliphatic heterocycles. The Balaban J connectivity index is 1.78. The fourth-order valence-electron chi connectivity index (χ4n) is 2.57. The summed E-state index contributed by atoms with van der Waals surface area (Å²) in [4.78, 5) is 11.8. The summed E-state index contributed by atoms with van der Waals surface area (Å²) in [7, 11) is 0. The van der Waals surface area contributed by atoms with E-state index < -0.39 is 0 Å². The fourth-order valence-corrected chi connectivity index (χ4v) is 2.57. The van der Waals surface area contributed by atoms with Crippen molar-refractivity contribution in [1.82, 2.24) is 10.6 Å². The third-order valence-corrected chi connectivity index (χ3v) is 3.76. The van der Waals surface area contributed by atoms with Gasteiger partial charge in [0, 0.05) is 25.0 Å². The first kappa shape index (κ1) is 9.97. The maximum absolute atomic E-state index is 11.8. The van der Waals surface area contributed by atoms with E-state index in [0.717, 1.165) is 37.8 Å². The predicted molar refractivity (Wildman–Crippen MR) is 55.9 cm³/mol. The van der Waals surface area contributed by atoms with Gasteiger partial charge in [-0.1, -0.05) is 13.8 Å². The molecule has 1 saturated heterocycles. The van der Waals surface area contributed by atoms with Crippen molar-refractivity contribution in [2.75, 3.05) is 13.1 Å². The lowest BCUT2D eigenvalue weighted by Crippen LogP contribution is -2.36. The number of carbonyl (C=O) groups is 1. The van der Waals surface area contributed by atoms with Crippen molar-refractivity contribution < 1.29 is 4.79 Å². The summed E-state index contributed by atoms with van der Waals surface area (Å²) in [6, 6.07) is 0.490. The number of hydrogen-bond donors (Lipinski definition) is 2. The Labute approximate surface area is 85.6 Å². The van der Waals surface area contributed by atoms with E-state index in [1.807, 2.05) is 0 Å². The molecule has 3 heteroatoms. The summed E-state index contributed by atoms with van der Waals surface area (Å²) in [5, 5.41) is 6.51. The van der Waals surface area contributed by atoms with Gasteiger partial charge < -0.3 is 10.6 Å². The molecular weight excluding hydrogens is 176 g/mol. The summed E-state index contributed by atoms with van der Waals surface area (Å²) in [5.41, 5.74) is 0. The topological polar surface area (TPSA) is 41.1 Å². The van der Waals surface area contributed by atoms with E-state index in [1.165, 1.54) is 0 Å². The number of amides is 1. The Hall–Kier alpha value is -0.570.